The second-order valence-corrected chi connectivity index (χ2v) is 2.18. The Hall–Kier alpha value is -1.14. The van der Waals surface area contributed by atoms with E-state index >= 15 is 0 Å². The lowest BCUT2D eigenvalue weighted by molar-refractivity contribution is 0.176. The molecule has 1 rings (SSSR count). The van der Waals surface area contributed by atoms with Crippen molar-refractivity contribution in [3.63, 3.8) is 0 Å². The molecule has 1 aromatic heterocycles. The normalized spacial score (nSPS) is 12.9. The minimum atomic E-state index is -0.373. The molecule has 0 bridgehead atoms. The van der Waals surface area contributed by atoms with Gasteiger partial charge >= 0.3 is 6.08 Å². The molecule has 6 nitrogen and oxygen atoms in total. The predicted octanol–water partition coefficient (Wildman–Crippen LogP) is -0.276. The molecule has 1 unspecified atom stereocenters. The van der Waals surface area contributed by atoms with Gasteiger partial charge < -0.3 is 15.2 Å². The van der Waals surface area contributed by atoms with Crippen LogP contribution in [0, 0.1) is 0 Å². The maximum atomic E-state index is 5.61. The maximum absolute atomic E-state index is 5.61. The van der Waals surface area contributed by atoms with Gasteiger partial charge in [0.1, 0.15) is 0 Å². The molecule has 0 aliphatic rings. The van der Waals surface area contributed by atoms with Gasteiger partial charge in [-0.3, -0.25) is 4.52 Å². The fourth-order valence-corrected chi connectivity index (χ4v) is 0.708. The van der Waals surface area contributed by atoms with Crippen molar-refractivity contribution in [2.24, 2.45) is 5.73 Å². The largest absolute Gasteiger partial charge is 0.452 e. The summed E-state index contributed by atoms with van der Waals surface area (Å²) in [4.78, 5) is 3.84. The number of nitrogens with two attached hydrogens (primary N) is 1. The van der Waals surface area contributed by atoms with Gasteiger partial charge in [-0.05, 0) is 0 Å². The van der Waals surface area contributed by atoms with E-state index in [2.05, 4.69) is 19.4 Å². The third-order valence-corrected chi connectivity index (χ3v) is 1.28. The van der Waals surface area contributed by atoms with Crippen LogP contribution < -0.4 is 10.5 Å². The molecule has 68 valence electrons. The minimum Gasteiger partial charge on any atom is -0.452 e. The zero-order valence-corrected chi connectivity index (χ0v) is 6.98. The Morgan fingerprint density at radius 3 is 2.83 bits per heavy atom. The molecule has 12 heavy (non-hydrogen) atoms. The molecular weight excluding hydrogens is 162 g/mol. The number of methoxy groups -OCH3 is 2. The molecule has 0 amide bonds. The Morgan fingerprint density at radius 1 is 1.58 bits per heavy atom. The molecule has 6 heteroatoms. The lowest BCUT2D eigenvalue weighted by Crippen LogP contribution is -2.17. The summed E-state index contributed by atoms with van der Waals surface area (Å²) in [7, 11) is 3.00. The van der Waals surface area contributed by atoms with E-state index < -0.39 is 0 Å². The Kier molecular flexibility index (Phi) is 3.01. The summed E-state index contributed by atoms with van der Waals surface area (Å²) in [5, 5.41) is 3.59. The zero-order valence-electron chi connectivity index (χ0n) is 6.98. The quantitative estimate of drug-likeness (QED) is 0.674. The van der Waals surface area contributed by atoms with Gasteiger partial charge in [0.05, 0.1) is 19.8 Å². The monoisotopic (exact) mass is 173 g/mol. The van der Waals surface area contributed by atoms with E-state index in [0.717, 1.165) is 0 Å². The molecule has 1 aromatic rings. The number of hydrogen-bond acceptors (Lipinski definition) is 6. The van der Waals surface area contributed by atoms with Crippen LogP contribution in [0.3, 0.4) is 0 Å². The van der Waals surface area contributed by atoms with E-state index in [1.807, 2.05) is 0 Å². The fraction of sp³-hybridized carbons (Fsp3) is 0.667. The summed E-state index contributed by atoms with van der Waals surface area (Å²) in [5.74, 6) is 0.383. The summed E-state index contributed by atoms with van der Waals surface area (Å²) in [6, 6.07) is -0.373. The van der Waals surface area contributed by atoms with Crippen molar-refractivity contribution in [2.75, 3.05) is 20.8 Å². The van der Waals surface area contributed by atoms with Gasteiger partial charge in [-0.15, -0.1) is 0 Å². The van der Waals surface area contributed by atoms with Gasteiger partial charge in [0.25, 0.3) is 0 Å². The lowest BCUT2D eigenvalue weighted by Gasteiger charge is -2.02. The summed E-state index contributed by atoms with van der Waals surface area (Å²) < 4.78 is 14.2. The van der Waals surface area contributed by atoms with E-state index in [1.54, 1.807) is 7.11 Å². The van der Waals surface area contributed by atoms with Gasteiger partial charge in [-0.1, -0.05) is 5.16 Å². The molecule has 0 aliphatic carbocycles. The highest BCUT2D eigenvalue weighted by Crippen LogP contribution is 2.10. The van der Waals surface area contributed by atoms with E-state index in [-0.39, 0.29) is 12.1 Å². The number of aromatic nitrogens is 2. The minimum absolute atomic E-state index is 0.108. The molecule has 0 radical (unpaired) electrons. The zero-order chi connectivity index (χ0) is 8.97. The van der Waals surface area contributed by atoms with Crippen LogP contribution in [0.15, 0.2) is 4.52 Å². The molecule has 1 heterocycles. The number of rotatable bonds is 4. The molecule has 2 N–H and O–H groups in total. The average molecular weight is 173 g/mol. The van der Waals surface area contributed by atoms with Crippen LogP contribution in [0.25, 0.3) is 0 Å². The molecule has 0 saturated heterocycles. The summed E-state index contributed by atoms with van der Waals surface area (Å²) in [6.45, 7) is 0.350. The van der Waals surface area contributed by atoms with Gasteiger partial charge in [-0.25, -0.2) is 0 Å². The fourth-order valence-electron chi connectivity index (χ4n) is 0.708. The standard InChI is InChI=1S/C6H11N3O3/c1-10-3-4(7)5-8-6(11-2)12-9-5/h4H,3,7H2,1-2H3. The van der Waals surface area contributed by atoms with Crippen molar-refractivity contribution in [3.8, 4) is 6.08 Å². The van der Waals surface area contributed by atoms with Gasteiger partial charge in [0.2, 0.25) is 0 Å². The molecule has 0 spiro atoms. The molecule has 0 aliphatic heterocycles. The van der Waals surface area contributed by atoms with Crippen molar-refractivity contribution in [2.45, 2.75) is 6.04 Å². The number of hydrogen-bond donors (Lipinski definition) is 1. The SMILES string of the molecule is COCC(N)c1noc(OC)n1. The Bertz CT molecular complexity index is 238. The highest BCUT2D eigenvalue weighted by molar-refractivity contribution is 4.95. The highest BCUT2D eigenvalue weighted by Gasteiger charge is 2.13. The van der Waals surface area contributed by atoms with Crippen molar-refractivity contribution in [1.29, 1.82) is 0 Å². The first-order valence-corrected chi connectivity index (χ1v) is 3.40. The topological polar surface area (TPSA) is 83.4 Å². The predicted molar refractivity (Wildman–Crippen MR) is 39.7 cm³/mol. The Morgan fingerprint density at radius 2 is 2.33 bits per heavy atom. The third-order valence-electron chi connectivity index (χ3n) is 1.28. The van der Waals surface area contributed by atoms with Crippen LogP contribution >= 0.6 is 0 Å². The third kappa shape index (κ3) is 1.93. The first-order chi connectivity index (χ1) is 5.77. The van der Waals surface area contributed by atoms with Crippen LogP contribution in [-0.2, 0) is 4.74 Å². The Labute approximate surface area is 69.6 Å². The van der Waals surface area contributed by atoms with Crippen LogP contribution in [0.2, 0.25) is 0 Å². The lowest BCUT2D eigenvalue weighted by atomic mass is 10.3. The number of nitrogens with zero attached hydrogens (tertiary/aromatic N) is 2. The van der Waals surface area contributed by atoms with Crippen LogP contribution in [0.4, 0.5) is 0 Å². The summed E-state index contributed by atoms with van der Waals surface area (Å²) >= 11 is 0. The van der Waals surface area contributed by atoms with Crippen molar-refractivity contribution < 1.29 is 14.0 Å². The molecule has 0 saturated carbocycles. The van der Waals surface area contributed by atoms with E-state index in [9.17, 15) is 0 Å². The molecule has 0 fully saturated rings. The average Bonchev–Trinajstić information content (AvgIpc) is 2.52. The van der Waals surface area contributed by atoms with Crippen molar-refractivity contribution in [3.05, 3.63) is 5.82 Å². The highest BCUT2D eigenvalue weighted by atomic mass is 16.6. The number of ether oxygens (including phenoxy) is 2. The second-order valence-electron chi connectivity index (χ2n) is 2.18. The summed E-state index contributed by atoms with van der Waals surface area (Å²) in [6.07, 6.45) is 0.108. The summed E-state index contributed by atoms with van der Waals surface area (Å²) in [5.41, 5.74) is 5.61. The second kappa shape index (κ2) is 4.03. The van der Waals surface area contributed by atoms with E-state index in [0.29, 0.717) is 12.4 Å². The molecular formula is C6H11N3O3. The van der Waals surface area contributed by atoms with Crippen LogP contribution in [-0.4, -0.2) is 31.0 Å². The van der Waals surface area contributed by atoms with Crippen molar-refractivity contribution >= 4 is 0 Å². The smallest absolute Gasteiger partial charge is 0.417 e. The molecule has 1 atom stereocenters. The van der Waals surface area contributed by atoms with E-state index in [1.165, 1.54) is 7.11 Å². The maximum Gasteiger partial charge on any atom is 0.417 e. The first-order valence-electron chi connectivity index (χ1n) is 3.40. The van der Waals surface area contributed by atoms with E-state index in [4.69, 9.17) is 10.5 Å². The van der Waals surface area contributed by atoms with Gasteiger partial charge in [0, 0.05) is 7.11 Å². The van der Waals surface area contributed by atoms with Gasteiger partial charge in [-0.2, -0.15) is 4.98 Å². The van der Waals surface area contributed by atoms with Crippen molar-refractivity contribution in [1.82, 2.24) is 10.1 Å². The van der Waals surface area contributed by atoms with Crippen LogP contribution in [0.5, 0.6) is 6.08 Å². The Balaban J connectivity index is 2.61. The van der Waals surface area contributed by atoms with Gasteiger partial charge in [0.15, 0.2) is 5.82 Å². The van der Waals surface area contributed by atoms with Crippen LogP contribution in [0.1, 0.15) is 11.9 Å². The first kappa shape index (κ1) is 8.95. The molecule has 0 aromatic carbocycles.